The topological polar surface area (TPSA) is 63.4 Å². The van der Waals surface area contributed by atoms with E-state index in [9.17, 15) is 9.59 Å². The second-order valence-corrected chi connectivity index (χ2v) is 5.50. The van der Waals surface area contributed by atoms with Gasteiger partial charge in [-0.25, -0.2) is 0 Å². The Hall–Kier alpha value is -1.06. The van der Waals surface area contributed by atoms with E-state index in [1.165, 1.54) is 6.42 Å². The lowest BCUT2D eigenvalue weighted by molar-refractivity contribution is -0.139. The van der Waals surface area contributed by atoms with Gasteiger partial charge >= 0.3 is 0 Å². The molecule has 2 rings (SSSR count). The Balaban J connectivity index is 1.88. The molecule has 0 aromatic heterocycles. The lowest BCUT2D eigenvalue weighted by atomic mass is 10.0. The first-order valence-corrected chi connectivity index (χ1v) is 6.69. The average molecular weight is 238 g/mol. The number of carbonyl (C=O) groups excluding carboxylic acids is 2. The Morgan fingerprint density at radius 3 is 2.41 bits per heavy atom. The van der Waals surface area contributed by atoms with Crippen LogP contribution in [0.2, 0.25) is 0 Å². The van der Waals surface area contributed by atoms with Crippen LogP contribution < -0.4 is 5.73 Å². The zero-order chi connectivity index (χ0) is 12.4. The van der Waals surface area contributed by atoms with E-state index < -0.39 is 5.91 Å². The Morgan fingerprint density at radius 1 is 1.24 bits per heavy atom. The Labute approximate surface area is 103 Å². The van der Waals surface area contributed by atoms with Crippen LogP contribution in [-0.2, 0) is 9.59 Å². The van der Waals surface area contributed by atoms with E-state index in [2.05, 4.69) is 6.92 Å². The van der Waals surface area contributed by atoms with E-state index in [0.29, 0.717) is 6.54 Å². The van der Waals surface area contributed by atoms with Crippen molar-refractivity contribution >= 4 is 11.8 Å². The van der Waals surface area contributed by atoms with Crippen molar-refractivity contribution < 1.29 is 9.59 Å². The van der Waals surface area contributed by atoms with Crippen molar-refractivity contribution in [3.63, 3.8) is 0 Å². The third-order valence-electron chi connectivity index (χ3n) is 4.03. The molecule has 0 radical (unpaired) electrons. The first-order chi connectivity index (χ1) is 8.11. The molecule has 4 nitrogen and oxygen atoms in total. The number of rotatable bonds is 6. The number of unbranched alkanes of at least 4 members (excludes halogenated alkanes) is 1. The molecule has 0 aliphatic heterocycles. The highest BCUT2D eigenvalue weighted by Gasteiger charge is 2.48. The van der Waals surface area contributed by atoms with Crippen molar-refractivity contribution in [2.75, 3.05) is 13.1 Å². The third-order valence-corrected chi connectivity index (χ3v) is 4.03. The molecule has 2 aliphatic rings. The summed E-state index contributed by atoms with van der Waals surface area (Å²) in [6.45, 7) is 2.84. The molecule has 96 valence electrons. The van der Waals surface area contributed by atoms with Crippen molar-refractivity contribution in [3.05, 3.63) is 0 Å². The molecule has 17 heavy (non-hydrogen) atoms. The number of nitrogens with zero attached hydrogens (tertiary/aromatic N) is 1. The number of nitrogens with two attached hydrogens (primary N) is 1. The highest BCUT2D eigenvalue weighted by Crippen LogP contribution is 2.54. The van der Waals surface area contributed by atoms with Gasteiger partial charge in [-0.2, -0.15) is 0 Å². The second-order valence-electron chi connectivity index (χ2n) is 5.50. The van der Waals surface area contributed by atoms with Crippen LogP contribution >= 0.6 is 0 Å². The summed E-state index contributed by atoms with van der Waals surface area (Å²) >= 11 is 0. The number of fused-ring (bicyclic) bond motifs is 1. The Bertz CT molecular complexity index is 307. The maximum Gasteiger partial charge on any atom is 0.237 e. The van der Waals surface area contributed by atoms with Crippen LogP contribution in [-0.4, -0.2) is 29.8 Å². The number of amides is 2. The Morgan fingerprint density at radius 2 is 1.88 bits per heavy atom. The van der Waals surface area contributed by atoms with Gasteiger partial charge in [0.1, 0.15) is 0 Å². The minimum atomic E-state index is -0.405. The van der Waals surface area contributed by atoms with E-state index in [1.54, 1.807) is 4.90 Å². The van der Waals surface area contributed by atoms with E-state index >= 15 is 0 Å². The highest BCUT2D eigenvalue weighted by atomic mass is 16.2. The maximum absolute atomic E-state index is 12.3. The average Bonchev–Trinajstić information content (AvgIpc) is 2.90. The monoisotopic (exact) mass is 238 g/mol. The molecule has 0 spiro atoms. The van der Waals surface area contributed by atoms with Crippen molar-refractivity contribution in [3.8, 4) is 0 Å². The van der Waals surface area contributed by atoms with Gasteiger partial charge in [-0.15, -0.1) is 0 Å². The highest BCUT2D eigenvalue weighted by molar-refractivity contribution is 5.85. The molecule has 0 aromatic rings. The summed E-state index contributed by atoms with van der Waals surface area (Å²) in [6, 6.07) is 0. The number of carbonyl (C=O) groups is 2. The zero-order valence-electron chi connectivity index (χ0n) is 10.5. The smallest absolute Gasteiger partial charge is 0.237 e. The van der Waals surface area contributed by atoms with E-state index in [0.717, 1.165) is 37.5 Å². The predicted molar refractivity (Wildman–Crippen MR) is 65.0 cm³/mol. The largest absolute Gasteiger partial charge is 0.368 e. The van der Waals surface area contributed by atoms with Crippen LogP contribution in [0.5, 0.6) is 0 Å². The Kier molecular flexibility index (Phi) is 3.69. The molecule has 2 unspecified atom stereocenters. The van der Waals surface area contributed by atoms with Gasteiger partial charge in [-0.05, 0) is 37.5 Å². The van der Waals surface area contributed by atoms with Crippen LogP contribution in [0.3, 0.4) is 0 Å². The molecular weight excluding hydrogens is 216 g/mol. The van der Waals surface area contributed by atoms with Gasteiger partial charge in [-0.3, -0.25) is 9.59 Å². The molecule has 0 bridgehead atoms. The molecule has 0 saturated heterocycles. The lowest BCUT2D eigenvalue weighted by Gasteiger charge is -2.24. The maximum atomic E-state index is 12.3. The van der Waals surface area contributed by atoms with E-state index in [1.807, 2.05) is 0 Å². The molecule has 2 amide bonds. The predicted octanol–water partition coefficient (Wildman–Crippen LogP) is 1.15. The summed E-state index contributed by atoms with van der Waals surface area (Å²) in [5.41, 5.74) is 5.20. The third kappa shape index (κ3) is 2.99. The quantitative estimate of drug-likeness (QED) is 0.754. The van der Waals surface area contributed by atoms with Crippen LogP contribution in [0.15, 0.2) is 0 Å². The summed E-state index contributed by atoms with van der Waals surface area (Å²) in [5, 5.41) is 0. The molecule has 0 aromatic carbocycles. The summed E-state index contributed by atoms with van der Waals surface area (Å²) < 4.78 is 0. The fraction of sp³-hybridized carbons (Fsp3) is 0.846. The van der Waals surface area contributed by atoms with Gasteiger partial charge in [0, 0.05) is 12.5 Å². The minimum absolute atomic E-state index is 0.0880. The van der Waals surface area contributed by atoms with Crippen LogP contribution in [0.1, 0.15) is 39.0 Å². The van der Waals surface area contributed by atoms with Gasteiger partial charge < -0.3 is 10.6 Å². The fourth-order valence-electron chi connectivity index (χ4n) is 2.98. The SMILES string of the molecule is CCCCN(CC(N)=O)C(=O)C1CC2CC2C1. The van der Waals surface area contributed by atoms with Crippen LogP contribution in [0.4, 0.5) is 0 Å². The van der Waals surface area contributed by atoms with Gasteiger partial charge in [0.15, 0.2) is 0 Å². The number of hydrogen-bond acceptors (Lipinski definition) is 2. The summed E-state index contributed by atoms with van der Waals surface area (Å²) in [5.74, 6) is 1.51. The summed E-state index contributed by atoms with van der Waals surface area (Å²) in [7, 11) is 0. The van der Waals surface area contributed by atoms with E-state index in [4.69, 9.17) is 5.73 Å². The molecule has 2 aliphatic carbocycles. The van der Waals surface area contributed by atoms with Gasteiger partial charge in [0.05, 0.1) is 6.54 Å². The van der Waals surface area contributed by atoms with Crippen LogP contribution in [0.25, 0.3) is 0 Å². The van der Waals surface area contributed by atoms with Crippen molar-refractivity contribution in [1.29, 1.82) is 0 Å². The molecule has 4 heteroatoms. The van der Waals surface area contributed by atoms with Crippen molar-refractivity contribution in [2.24, 2.45) is 23.5 Å². The summed E-state index contributed by atoms with van der Waals surface area (Å²) in [4.78, 5) is 24.9. The molecule has 2 saturated carbocycles. The number of hydrogen-bond donors (Lipinski definition) is 1. The normalized spacial score (nSPS) is 29.8. The number of primary amides is 1. The van der Waals surface area contributed by atoms with Crippen LogP contribution in [0, 0.1) is 17.8 Å². The fourth-order valence-corrected chi connectivity index (χ4v) is 2.98. The molecule has 2 atom stereocenters. The van der Waals surface area contributed by atoms with E-state index in [-0.39, 0.29) is 18.4 Å². The zero-order valence-corrected chi connectivity index (χ0v) is 10.5. The molecule has 2 N–H and O–H groups in total. The second kappa shape index (κ2) is 5.07. The molecule has 0 heterocycles. The van der Waals surface area contributed by atoms with Gasteiger partial charge in [-0.1, -0.05) is 13.3 Å². The summed E-state index contributed by atoms with van der Waals surface area (Å²) in [6.07, 6.45) is 5.35. The molecule has 2 fully saturated rings. The van der Waals surface area contributed by atoms with Crippen molar-refractivity contribution in [2.45, 2.75) is 39.0 Å². The first kappa shape index (κ1) is 12.4. The lowest BCUT2D eigenvalue weighted by Crippen LogP contribution is -2.42. The van der Waals surface area contributed by atoms with Gasteiger partial charge in [0.2, 0.25) is 11.8 Å². The first-order valence-electron chi connectivity index (χ1n) is 6.69. The van der Waals surface area contributed by atoms with Crippen molar-refractivity contribution in [1.82, 2.24) is 4.90 Å². The molecular formula is C13H22N2O2. The minimum Gasteiger partial charge on any atom is -0.368 e. The van der Waals surface area contributed by atoms with Gasteiger partial charge in [0.25, 0.3) is 0 Å². The standard InChI is InChI=1S/C13H22N2O2/c1-2-3-4-15(8-12(14)16)13(17)11-6-9-5-10(9)7-11/h9-11H,2-8H2,1H3,(H2,14,16).